The summed E-state index contributed by atoms with van der Waals surface area (Å²) in [7, 11) is 0. The van der Waals surface area contributed by atoms with Gasteiger partial charge in [-0.1, -0.05) is 24.1 Å². The van der Waals surface area contributed by atoms with Gasteiger partial charge < -0.3 is 10.1 Å². The van der Waals surface area contributed by atoms with Crippen molar-refractivity contribution in [3.8, 4) is 18.1 Å². The zero-order valence-corrected chi connectivity index (χ0v) is 9.62. The molecular weight excluding hydrogens is 198 g/mol. The lowest BCUT2D eigenvalue weighted by Gasteiger charge is -2.14. The number of ether oxygens (including phenoxy) is 1. The molecule has 1 fully saturated rings. The van der Waals surface area contributed by atoms with Gasteiger partial charge in [-0.05, 0) is 25.8 Å². The molecule has 0 spiro atoms. The van der Waals surface area contributed by atoms with E-state index in [1.807, 2.05) is 18.2 Å². The van der Waals surface area contributed by atoms with Gasteiger partial charge in [-0.25, -0.2) is 0 Å². The van der Waals surface area contributed by atoms with Gasteiger partial charge in [0, 0.05) is 17.6 Å². The van der Waals surface area contributed by atoms with Crippen molar-refractivity contribution in [2.45, 2.75) is 31.8 Å². The van der Waals surface area contributed by atoms with Gasteiger partial charge in [0.25, 0.3) is 0 Å². The van der Waals surface area contributed by atoms with Crippen molar-refractivity contribution in [2.24, 2.45) is 0 Å². The van der Waals surface area contributed by atoms with Crippen molar-refractivity contribution in [1.82, 2.24) is 5.32 Å². The topological polar surface area (TPSA) is 21.3 Å². The molecule has 1 saturated carbocycles. The predicted octanol–water partition coefficient (Wildman–Crippen LogP) is 2.34. The average Bonchev–Trinajstić information content (AvgIpc) is 3.04. The van der Waals surface area contributed by atoms with Crippen molar-refractivity contribution in [1.29, 1.82) is 0 Å². The highest BCUT2D eigenvalue weighted by Gasteiger charge is 2.36. The highest BCUT2D eigenvalue weighted by molar-refractivity contribution is 5.33. The van der Waals surface area contributed by atoms with Crippen LogP contribution in [0.5, 0.6) is 5.75 Å². The molecule has 2 nitrogen and oxygen atoms in total. The molecule has 1 aromatic rings. The molecule has 0 saturated heterocycles. The Balaban J connectivity index is 1.98. The molecule has 1 aliphatic carbocycles. The number of para-hydroxylation sites is 1. The Morgan fingerprint density at radius 3 is 2.88 bits per heavy atom. The Bertz CT molecular complexity index is 401. The van der Waals surface area contributed by atoms with Gasteiger partial charge in [0.15, 0.2) is 0 Å². The Morgan fingerprint density at radius 2 is 2.19 bits per heavy atom. The summed E-state index contributed by atoms with van der Waals surface area (Å²) >= 11 is 0. The number of benzene rings is 1. The zero-order valence-electron chi connectivity index (χ0n) is 9.62. The van der Waals surface area contributed by atoms with Crippen molar-refractivity contribution >= 4 is 0 Å². The minimum Gasteiger partial charge on any atom is -0.481 e. The van der Waals surface area contributed by atoms with E-state index in [1.165, 1.54) is 18.4 Å². The van der Waals surface area contributed by atoms with E-state index in [9.17, 15) is 0 Å². The molecule has 84 valence electrons. The molecule has 0 aromatic heterocycles. The van der Waals surface area contributed by atoms with E-state index in [0.29, 0.717) is 12.1 Å². The van der Waals surface area contributed by atoms with Crippen LogP contribution >= 0.6 is 0 Å². The maximum absolute atomic E-state index is 5.50. The molecule has 0 heterocycles. The smallest absolute Gasteiger partial charge is 0.148 e. The summed E-state index contributed by atoms with van der Waals surface area (Å²) in [6.07, 6.45) is 7.72. The van der Waals surface area contributed by atoms with Crippen LogP contribution in [0.25, 0.3) is 0 Å². The number of terminal acetylenes is 1. The first-order valence-corrected chi connectivity index (χ1v) is 5.63. The minimum absolute atomic E-state index is 0.328. The molecule has 1 aromatic carbocycles. The van der Waals surface area contributed by atoms with Crippen LogP contribution in [0.15, 0.2) is 24.3 Å². The molecule has 2 heteroatoms. The summed E-state index contributed by atoms with van der Waals surface area (Å²) in [5.41, 5.74) is 1.52. The second-order valence-electron chi connectivity index (χ2n) is 4.51. The highest BCUT2D eigenvalue weighted by Crippen LogP contribution is 2.35. The second kappa shape index (κ2) is 4.59. The number of hydrogen-bond acceptors (Lipinski definition) is 2. The predicted molar refractivity (Wildman–Crippen MR) is 65.2 cm³/mol. The van der Waals surface area contributed by atoms with Gasteiger partial charge in [-0.2, -0.15) is 0 Å². The van der Waals surface area contributed by atoms with Gasteiger partial charge in [0.1, 0.15) is 12.4 Å². The van der Waals surface area contributed by atoms with Gasteiger partial charge in [-0.3, -0.25) is 0 Å². The van der Waals surface area contributed by atoms with E-state index < -0.39 is 0 Å². The standard InChI is InChI=1S/C14H17NO/c1-3-10-16-13-7-5-4-6-12(13)11-15-14(2)8-9-14/h1,4-7,15H,8-11H2,2H3. The second-order valence-corrected chi connectivity index (χ2v) is 4.51. The monoisotopic (exact) mass is 215 g/mol. The van der Waals surface area contributed by atoms with E-state index in [-0.39, 0.29) is 0 Å². The molecule has 0 aliphatic heterocycles. The van der Waals surface area contributed by atoms with Crippen LogP contribution in [0, 0.1) is 12.3 Å². The van der Waals surface area contributed by atoms with Crippen molar-refractivity contribution in [2.75, 3.05) is 6.61 Å². The third kappa shape index (κ3) is 2.77. The third-order valence-electron chi connectivity index (χ3n) is 2.99. The normalized spacial score (nSPS) is 16.5. The first-order chi connectivity index (χ1) is 7.73. The molecule has 0 unspecified atom stereocenters. The maximum Gasteiger partial charge on any atom is 0.148 e. The van der Waals surface area contributed by atoms with E-state index in [0.717, 1.165) is 12.3 Å². The first-order valence-electron chi connectivity index (χ1n) is 5.63. The summed E-state index contributed by atoms with van der Waals surface area (Å²) in [5, 5.41) is 3.53. The molecule has 0 amide bonds. The summed E-state index contributed by atoms with van der Waals surface area (Å²) < 4.78 is 5.50. The quantitative estimate of drug-likeness (QED) is 0.761. The van der Waals surface area contributed by atoms with E-state index in [4.69, 9.17) is 11.2 Å². The van der Waals surface area contributed by atoms with E-state index >= 15 is 0 Å². The molecule has 0 bridgehead atoms. The van der Waals surface area contributed by atoms with Crippen LogP contribution in [0.1, 0.15) is 25.3 Å². The molecule has 0 atom stereocenters. The SMILES string of the molecule is C#CCOc1ccccc1CNC1(C)CC1. The van der Waals surface area contributed by atoms with Crippen molar-refractivity contribution < 1.29 is 4.74 Å². The van der Waals surface area contributed by atoms with Gasteiger partial charge in [0.05, 0.1) is 0 Å². The van der Waals surface area contributed by atoms with Crippen molar-refractivity contribution in [3.63, 3.8) is 0 Å². The lowest BCUT2D eigenvalue weighted by molar-refractivity contribution is 0.363. The van der Waals surface area contributed by atoms with Crippen LogP contribution in [-0.2, 0) is 6.54 Å². The van der Waals surface area contributed by atoms with Gasteiger partial charge in [0.2, 0.25) is 0 Å². The minimum atomic E-state index is 0.328. The van der Waals surface area contributed by atoms with Crippen molar-refractivity contribution in [3.05, 3.63) is 29.8 Å². The average molecular weight is 215 g/mol. The maximum atomic E-state index is 5.50. The fraction of sp³-hybridized carbons (Fsp3) is 0.429. The van der Waals surface area contributed by atoms with E-state index in [1.54, 1.807) is 0 Å². The van der Waals surface area contributed by atoms with Crippen LogP contribution in [-0.4, -0.2) is 12.1 Å². The van der Waals surface area contributed by atoms with Gasteiger partial charge >= 0.3 is 0 Å². The van der Waals surface area contributed by atoms with Crippen LogP contribution in [0.4, 0.5) is 0 Å². The van der Waals surface area contributed by atoms with Crippen LogP contribution < -0.4 is 10.1 Å². The lowest BCUT2D eigenvalue weighted by atomic mass is 10.2. The number of hydrogen-bond donors (Lipinski definition) is 1. The highest BCUT2D eigenvalue weighted by atomic mass is 16.5. The Kier molecular flexibility index (Phi) is 3.17. The first kappa shape index (κ1) is 11.0. The third-order valence-corrected chi connectivity index (χ3v) is 2.99. The van der Waals surface area contributed by atoms with E-state index in [2.05, 4.69) is 24.2 Å². The molecule has 1 aliphatic rings. The molecule has 0 radical (unpaired) electrons. The fourth-order valence-corrected chi connectivity index (χ4v) is 1.58. The molecule has 2 rings (SSSR count). The lowest BCUT2D eigenvalue weighted by Crippen LogP contribution is -2.27. The Morgan fingerprint density at radius 1 is 1.44 bits per heavy atom. The van der Waals surface area contributed by atoms with Crippen LogP contribution in [0.2, 0.25) is 0 Å². The molecular formula is C14H17NO. The summed E-state index contributed by atoms with van der Waals surface area (Å²) in [6.45, 7) is 3.42. The number of rotatable bonds is 5. The summed E-state index contributed by atoms with van der Waals surface area (Å²) in [5.74, 6) is 3.37. The summed E-state index contributed by atoms with van der Waals surface area (Å²) in [4.78, 5) is 0. The Labute approximate surface area is 97.0 Å². The van der Waals surface area contributed by atoms with Gasteiger partial charge in [-0.15, -0.1) is 6.42 Å². The summed E-state index contributed by atoms with van der Waals surface area (Å²) in [6, 6.07) is 8.03. The zero-order chi connectivity index (χ0) is 11.4. The number of nitrogens with one attached hydrogen (secondary N) is 1. The largest absolute Gasteiger partial charge is 0.481 e. The Hall–Kier alpha value is -1.46. The van der Waals surface area contributed by atoms with Crippen LogP contribution in [0.3, 0.4) is 0 Å². The fourth-order valence-electron chi connectivity index (χ4n) is 1.58. The molecule has 1 N–H and O–H groups in total. The molecule has 16 heavy (non-hydrogen) atoms.